The second-order valence-electron chi connectivity index (χ2n) is 6.58. The minimum absolute atomic E-state index is 0.0796. The molecule has 3 atom stereocenters. The lowest BCUT2D eigenvalue weighted by Crippen LogP contribution is -2.50. The van der Waals surface area contributed by atoms with Gasteiger partial charge in [-0.3, -0.25) is 4.79 Å². The number of amides is 1. The molecule has 0 radical (unpaired) electrons. The van der Waals surface area contributed by atoms with Crippen LogP contribution in [0.1, 0.15) is 53.4 Å². The van der Waals surface area contributed by atoms with E-state index < -0.39 is 0 Å². The van der Waals surface area contributed by atoms with Gasteiger partial charge in [0.25, 0.3) is 0 Å². The molecule has 2 bridgehead atoms. The van der Waals surface area contributed by atoms with Gasteiger partial charge in [0.2, 0.25) is 5.91 Å². The number of carbonyl (C=O) groups excluding carboxylic acids is 1. The fourth-order valence-electron chi connectivity index (χ4n) is 4.17. The van der Waals surface area contributed by atoms with Gasteiger partial charge in [-0.1, -0.05) is 25.5 Å². The highest BCUT2D eigenvalue weighted by Crippen LogP contribution is 2.50. The first-order valence-corrected chi connectivity index (χ1v) is 6.30. The van der Waals surface area contributed by atoms with Crippen molar-refractivity contribution >= 4 is 5.91 Å². The maximum atomic E-state index is 11.3. The van der Waals surface area contributed by atoms with E-state index in [9.17, 15) is 4.79 Å². The van der Waals surface area contributed by atoms with E-state index in [1.807, 2.05) is 0 Å². The molecule has 2 aliphatic rings. The summed E-state index contributed by atoms with van der Waals surface area (Å²) in [7, 11) is 0. The summed E-state index contributed by atoms with van der Waals surface area (Å²) in [4.78, 5) is 11.3. The van der Waals surface area contributed by atoms with Crippen LogP contribution in [0.4, 0.5) is 0 Å². The lowest BCUT2D eigenvalue weighted by molar-refractivity contribution is -0.120. The van der Waals surface area contributed by atoms with Crippen LogP contribution in [0.15, 0.2) is 11.6 Å². The van der Waals surface area contributed by atoms with Crippen molar-refractivity contribution in [2.45, 2.75) is 58.9 Å². The lowest BCUT2D eigenvalue weighted by Gasteiger charge is -2.48. The number of allylic oxidation sites excluding steroid dienone is 1. The molecule has 0 aromatic heterocycles. The molecule has 3 unspecified atom stereocenters. The minimum Gasteiger partial charge on any atom is -0.348 e. The zero-order valence-corrected chi connectivity index (χ0v) is 10.9. The second kappa shape index (κ2) is 3.61. The van der Waals surface area contributed by atoms with Gasteiger partial charge in [0.1, 0.15) is 0 Å². The summed E-state index contributed by atoms with van der Waals surface area (Å²) < 4.78 is 0. The van der Waals surface area contributed by atoms with Crippen molar-refractivity contribution in [3.05, 3.63) is 11.6 Å². The molecule has 1 amide bonds. The summed E-state index contributed by atoms with van der Waals surface area (Å²) >= 11 is 0. The van der Waals surface area contributed by atoms with Crippen molar-refractivity contribution < 1.29 is 4.79 Å². The minimum atomic E-state index is -0.117. The fraction of sp³-hybridized carbons (Fsp3) is 0.786. The van der Waals surface area contributed by atoms with Gasteiger partial charge in [0.15, 0.2) is 0 Å². The third-order valence-corrected chi connectivity index (χ3v) is 3.88. The Labute approximate surface area is 98.5 Å². The zero-order valence-electron chi connectivity index (χ0n) is 10.9. The summed E-state index contributed by atoms with van der Waals surface area (Å²) in [6.07, 6.45) is 7.12. The summed E-state index contributed by atoms with van der Waals surface area (Å²) in [5, 5.41) is 3.11. The summed E-state index contributed by atoms with van der Waals surface area (Å²) in [6, 6.07) is 0. The van der Waals surface area contributed by atoms with Crippen LogP contribution in [0.25, 0.3) is 0 Å². The Morgan fingerprint density at radius 1 is 1.50 bits per heavy atom. The first-order valence-electron chi connectivity index (χ1n) is 6.30. The third kappa shape index (κ3) is 2.31. The first-order chi connectivity index (χ1) is 7.30. The molecule has 0 spiro atoms. The van der Waals surface area contributed by atoms with Crippen molar-refractivity contribution in [1.29, 1.82) is 0 Å². The molecule has 1 N–H and O–H groups in total. The quantitative estimate of drug-likeness (QED) is 0.677. The van der Waals surface area contributed by atoms with Crippen LogP contribution < -0.4 is 5.32 Å². The van der Waals surface area contributed by atoms with Gasteiger partial charge in [-0.15, -0.1) is 0 Å². The number of hydrogen-bond donors (Lipinski definition) is 1. The van der Waals surface area contributed by atoms with E-state index >= 15 is 0 Å². The van der Waals surface area contributed by atoms with Crippen LogP contribution in [0, 0.1) is 11.3 Å². The smallest absolute Gasteiger partial charge is 0.217 e. The Morgan fingerprint density at radius 3 is 2.75 bits per heavy atom. The van der Waals surface area contributed by atoms with Crippen molar-refractivity contribution in [3.63, 3.8) is 0 Å². The fourth-order valence-corrected chi connectivity index (χ4v) is 4.17. The van der Waals surface area contributed by atoms with Crippen molar-refractivity contribution in [3.8, 4) is 0 Å². The largest absolute Gasteiger partial charge is 0.348 e. The van der Waals surface area contributed by atoms with Gasteiger partial charge in [-0.05, 0) is 43.9 Å². The molecule has 1 fully saturated rings. The van der Waals surface area contributed by atoms with Crippen LogP contribution in [-0.4, -0.2) is 11.4 Å². The van der Waals surface area contributed by atoms with Crippen LogP contribution >= 0.6 is 0 Å². The van der Waals surface area contributed by atoms with Gasteiger partial charge in [0.05, 0.1) is 5.54 Å². The van der Waals surface area contributed by atoms with Crippen molar-refractivity contribution in [1.82, 2.24) is 5.32 Å². The Balaban J connectivity index is 2.26. The van der Waals surface area contributed by atoms with Gasteiger partial charge >= 0.3 is 0 Å². The second-order valence-corrected chi connectivity index (χ2v) is 6.58. The van der Waals surface area contributed by atoms with E-state index in [0.29, 0.717) is 5.41 Å². The average Bonchev–Trinajstić information content (AvgIpc) is 1.93. The maximum Gasteiger partial charge on any atom is 0.217 e. The zero-order chi connectivity index (χ0) is 12.0. The normalized spacial score (nSPS) is 42.5. The van der Waals surface area contributed by atoms with E-state index in [2.05, 4.69) is 32.2 Å². The number of hydrogen-bond acceptors (Lipinski definition) is 1. The van der Waals surface area contributed by atoms with Gasteiger partial charge < -0.3 is 5.32 Å². The Morgan fingerprint density at radius 2 is 2.19 bits per heavy atom. The molecular weight excluding hydrogens is 198 g/mol. The topological polar surface area (TPSA) is 29.1 Å². The molecule has 2 heteroatoms. The SMILES string of the molecule is CC(=O)NC1(C)C=C2CC(C)CC(C)(C2)C1. The molecule has 0 aromatic rings. The average molecular weight is 221 g/mol. The number of rotatable bonds is 1. The molecule has 16 heavy (non-hydrogen) atoms. The van der Waals surface area contributed by atoms with Crippen molar-refractivity contribution in [2.24, 2.45) is 11.3 Å². The molecule has 0 aliphatic heterocycles. The molecule has 2 aliphatic carbocycles. The van der Waals surface area contributed by atoms with E-state index in [1.54, 1.807) is 12.5 Å². The molecule has 0 aromatic carbocycles. The Bertz CT molecular complexity index is 347. The predicted octanol–water partition coefficient (Wildman–Crippen LogP) is 3.04. The van der Waals surface area contributed by atoms with Gasteiger partial charge in [-0.2, -0.15) is 0 Å². The monoisotopic (exact) mass is 221 g/mol. The highest BCUT2D eigenvalue weighted by Gasteiger charge is 2.43. The standard InChI is InChI=1S/C14H23NO/c1-10-5-12-7-13(3,6-10)9-14(4,8-12)15-11(2)16/h8,10H,5-7,9H2,1-4H3,(H,15,16). The Hall–Kier alpha value is -0.790. The molecule has 0 saturated heterocycles. The highest BCUT2D eigenvalue weighted by molar-refractivity contribution is 5.74. The van der Waals surface area contributed by atoms with E-state index in [0.717, 1.165) is 12.3 Å². The summed E-state index contributed by atoms with van der Waals surface area (Å²) in [6.45, 7) is 8.48. The lowest BCUT2D eigenvalue weighted by atomic mass is 9.60. The number of carbonyl (C=O) groups is 1. The Kier molecular flexibility index (Phi) is 2.64. The summed E-state index contributed by atoms with van der Waals surface area (Å²) in [5.41, 5.74) is 1.82. The summed E-state index contributed by atoms with van der Waals surface area (Å²) in [5.74, 6) is 0.878. The maximum absolute atomic E-state index is 11.3. The first kappa shape index (κ1) is 11.7. The molecular formula is C14H23NO. The van der Waals surface area contributed by atoms with Crippen molar-refractivity contribution in [2.75, 3.05) is 0 Å². The van der Waals surface area contributed by atoms with E-state index in [-0.39, 0.29) is 11.4 Å². The van der Waals surface area contributed by atoms with Gasteiger partial charge in [0, 0.05) is 6.92 Å². The predicted molar refractivity (Wildman–Crippen MR) is 66.0 cm³/mol. The molecule has 90 valence electrons. The molecule has 0 heterocycles. The third-order valence-electron chi connectivity index (χ3n) is 3.88. The van der Waals surface area contributed by atoms with Crippen LogP contribution in [0.3, 0.4) is 0 Å². The molecule has 2 nitrogen and oxygen atoms in total. The number of fused-ring (bicyclic) bond motifs is 2. The van der Waals surface area contributed by atoms with Crippen LogP contribution in [0.5, 0.6) is 0 Å². The highest BCUT2D eigenvalue weighted by atomic mass is 16.1. The van der Waals surface area contributed by atoms with Gasteiger partial charge in [-0.25, -0.2) is 0 Å². The van der Waals surface area contributed by atoms with Crippen LogP contribution in [-0.2, 0) is 4.79 Å². The molecule has 2 rings (SSSR count). The van der Waals surface area contributed by atoms with E-state index in [1.165, 1.54) is 19.3 Å². The van der Waals surface area contributed by atoms with Crippen LogP contribution in [0.2, 0.25) is 0 Å². The number of nitrogens with one attached hydrogen (secondary N) is 1. The van der Waals surface area contributed by atoms with E-state index in [4.69, 9.17) is 0 Å². The molecule has 1 saturated carbocycles.